The quantitative estimate of drug-likeness (QED) is 0.190. The van der Waals surface area contributed by atoms with E-state index >= 15 is 0 Å². The molecule has 1 aliphatic heterocycles. The van der Waals surface area contributed by atoms with Crippen molar-refractivity contribution in [3.05, 3.63) is 205 Å². The fourth-order valence-corrected chi connectivity index (χ4v) is 8.15. The second-order valence-electron chi connectivity index (χ2n) is 13.3. The second kappa shape index (κ2) is 11.6. The van der Waals surface area contributed by atoms with Gasteiger partial charge in [0, 0.05) is 11.3 Å². The molecule has 0 aliphatic carbocycles. The molecule has 50 heavy (non-hydrogen) atoms. The molecule has 234 valence electrons. The van der Waals surface area contributed by atoms with E-state index in [4.69, 9.17) is 0 Å². The summed E-state index contributed by atoms with van der Waals surface area (Å²) >= 11 is 0. The van der Waals surface area contributed by atoms with Gasteiger partial charge in [-0.3, -0.25) is 0 Å². The summed E-state index contributed by atoms with van der Waals surface area (Å²) in [4.78, 5) is 0. The minimum Gasteiger partial charge on any atom is -0.374 e. The lowest BCUT2D eigenvalue weighted by molar-refractivity contribution is 0.974. The minimum atomic E-state index is 0.0921. The molecule has 9 aromatic carbocycles. The van der Waals surface area contributed by atoms with Crippen LogP contribution in [0.5, 0.6) is 0 Å². The Morgan fingerprint density at radius 3 is 1.52 bits per heavy atom. The molecule has 0 spiro atoms. The van der Waals surface area contributed by atoms with Gasteiger partial charge in [-0.05, 0) is 106 Å². The molecule has 0 saturated carbocycles. The zero-order valence-corrected chi connectivity index (χ0v) is 27.5. The van der Waals surface area contributed by atoms with Crippen LogP contribution >= 0.6 is 0 Å². The van der Waals surface area contributed by atoms with Crippen molar-refractivity contribution in [1.82, 2.24) is 0 Å². The molecule has 9 aromatic rings. The first-order chi connectivity index (χ1) is 24.8. The minimum absolute atomic E-state index is 0.0921. The zero-order chi connectivity index (χ0) is 33.0. The number of anilines is 1. The molecular weight excluding hydrogens is 603 g/mol. The van der Waals surface area contributed by atoms with Crippen LogP contribution in [0, 0.1) is 0 Å². The van der Waals surface area contributed by atoms with Crippen molar-refractivity contribution in [2.45, 2.75) is 6.04 Å². The monoisotopic (exact) mass is 635 g/mol. The van der Waals surface area contributed by atoms with Gasteiger partial charge >= 0.3 is 0 Å². The fraction of sp³-hybridized carbons (Fsp3) is 0.0204. The van der Waals surface area contributed by atoms with Crippen molar-refractivity contribution in [2.75, 3.05) is 5.32 Å². The second-order valence-corrected chi connectivity index (χ2v) is 13.3. The molecule has 1 N–H and O–H groups in total. The molecule has 1 heterocycles. The molecule has 0 fully saturated rings. The van der Waals surface area contributed by atoms with Crippen molar-refractivity contribution < 1.29 is 0 Å². The van der Waals surface area contributed by atoms with Crippen LogP contribution in [-0.2, 0) is 0 Å². The van der Waals surface area contributed by atoms with E-state index in [1.54, 1.807) is 0 Å². The van der Waals surface area contributed by atoms with E-state index in [9.17, 15) is 0 Å². The van der Waals surface area contributed by atoms with Gasteiger partial charge in [0.15, 0.2) is 0 Å². The summed E-state index contributed by atoms with van der Waals surface area (Å²) in [6.45, 7) is 0. The normalized spacial score (nSPS) is 14.1. The molecule has 0 radical (unpaired) electrons. The molecule has 10 rings (SSSR count). The van der Waals surface area contributed by atoms with Gasteiger partial charge in [0.2, 0.25) is 0 Å². The third-order valence-corrected chi connectivity index (χ3v) is 10.4. The van der Waals surface area contributed by atoms with E-state index in [0.717, 1.165) is 5.69 Å². The van der Waals surface area contributed by atoms with Crippen LogP contribution in [0.2, 0.25) is 0 Å². The molecule has 0 aromatic heterocycles. The Balaban J connectivity index is 1.18. The Labute approximate surface area is 291 Å². The summed E-state index contributed by atoms with van der Waals surface area (Å²) in [5.74, 6) is 0. The zero-order valence-electron chi connectivity index (χ0n) is 27.5. The van der Waals surface area contributed by atoms with Gasteiger partial charge in [0.05, 0.1) is 6.04 Å². The van der Waals surface area contributed by atoms with Gasteiger partial charge < -0.3 is 5.32 Å². The maximum absolute atomic E-state index is 3.86. The summed E-state index contributed by atoms with van der Waals surface area (Å²) in [7, 11) is 0. The highest BCUT2D eigenvalue weighted by atomic mass is 14.9. The number of rotatable bonds is 4. The number of hydrogen-bond acceptors (Lipinski definition) is 1. The number of hydrogen-bond donors (Lipinski definition) is 1. The highest BCUT2D eigenvalue weighted by Crippen LogP contribution is 2.47. The van der Waals surface area contributed by atoms with Crippen LogP contribution in [0.25, 0.3) is 70.9 Å². The van der Waals surface area contributed by atoms with Crippen molar-refractivity contribution in [3.63, 3.8) is 0 Å². The summed E-state index contributed by atoms with van der Waals surface area (Å²) in [6.07, 6.45) is 2.40. The molecule has 0 bridgehead atoms. The van der Waals surface area contributed by atoms with Gasteiger partial charge in [-0.25, -0.2) is 0 Å². The van der Waals surface area contributed by atoms with Gasteiger partial charge in [0.25, 0.3) is 0 Å². The smallest absolute Gasteiger partial charge is 0.0707 e. The van der Waals surface area contributed by atoms with Crippen LogP contribution in [-0.4, -0.2) is 0 Å². The Kier molecular flexibility index (Phi) is 6.63. The Morgan fingerprint density at radius 2 is 0.860 bits per heavy atom. The van der Waals surface area contributed by atoms with Gasteiger partial charge in [-0.2, -0.15) is 0 Å². The van der Waals surface area contributed by atoms with Crippen LogP contribution in [0.3, 0.4) is 0 Å². The topological polar surface area (TPSA) is 12.0 Å². The predicted octanol–water partition coefficient (Wildman–Crippen LogP) is 13.2. The molecule has 1 atom stereocenters. The van der Waals surface area contributed by atoms with Crippen LogP contribution in [0.4, 0.5) is 5.69 Å². The van der Waals surface area contributed by atoms with E-state index in [1.165, 1.54) is 87.6 Å². The lowest BCUT2D eigenvalue weighted by Gasteiger charge is -2.28. The number of nitrogens with one attached hydrogen (secondary N) is 1. The van der Waals surface area contributed by atoms with Crippen molar-refractivity contribution in [1.29, 1.82) is 0 Å². The molecule has 1 aliphatic rings. The maximum atomic E-state index is 3.86. The highest BCUT2D eigenvalue weighted by molar-refractivity contribution is 6.22. The summed E-state index contributed by atoms with van der Waals surface area (Å²) in [5, 5.41) is 13.9. The molecule has 1 nitrogen and oxygen atoms in total. The molecular formula is C49H33N. The van der Waals surface area contributed by atoms with E-state index in [-0.39, 0.29) is 6.04 Å². The lowest BCUT2D eigenvalue weighted by atomic mass is 9.83. The van der Waals surface area contributed by atoms with Crippen LogP contribution in [0.1, 0.15) is 22.7 Å². The average Bonchev–Trinajstić information content (AvgIpc) is 3.19. The van der Waals surface area contributed by atoms with Gasteiger partial charge in [-0.15, -0.1) is 0 Å². The number of fused-ring (bicyclic) bond motifs is 6. The van der Waals surface area contributed by atoms with E-state index in [0.29, 0.717) is 0 Å². The van der Waals surface area contributed by atoms with Crippen molar-refractivity contribution in [3.8, 4) is 22.3 Å². The highest BCUT2D eigenvalue weighted by Gasteiger charge is 2.24. The first-order valence-electron chi connectivity index (χ1n) is 17.4. The first kappa shape index (κ1) is 28.6. The van der Waals surface area contributed by atoms with Crippen LogP contribution < -0.4 is 5.32 Å². The van der Waals surface area contributed by atoms with Gasteiger partial charge in [0.1, 0.15) is 0 Å². The Hall–Kier alpha value is -6.44. The third kappa shape index (κ3) is 4.63. The predicted molar refractivity (Wildman–Crippen MR) is 214 cm³/mol. The van der Waals surface area contributed by atoms with E-state index in [1.807, 2.05) is 0 Å². The van der Waals surface area contributed by atoms with Crippen LogP contribution in [0.15, 0.2) is 188 Å². The molecule has 1 unspecified atom stereocenters. The SMILES string of the molecule is C1=C(c2ccccc2)c2c(ccc3cc(-c4c5ccccc5c(-c5ccc6ccccc6c5)c5ccccc45)ccc23)NC1c1ccccc1. The molecule has 0 saturated heterocycles. The summed E-state index contributed by atoms with van der Waals surface area (Å²) < 4.78 is 0. The van der Waals surface area contributed by atoms with Gasteiger partial charge in [-0.1, -0.05) is 164 Å². The third-order valence-electron chi connectivity index (χ3n) is 10.4. The lowest BCUT2D eigenvalue weighted by Crippen LogP contribution is -2.15. The summed E-state index contributed by atoms with van der Waals surface area (Å²) in [6, 6.07) is 66.6. The Bertz CT molecular complexity index is 2720. The van der Waals surface area contributed by atoms with E-state index < -0.39 is 0 Å². The Morgan fingerprint density at radius 1 is 0.340 bits per heavy atom. The molecule has 0 amide bonds. The fourth-order valence-electron chi connectivity index (χ4n) is 8.15. The standard InChI is InChI=1S/C49H33N/c1-3-14-33(15-4-1)44-31-46(34-16-5-2-6-17-34)50-45-28-26-36-30-38(25-27-39(36)49(44)45)48-42-21-11-9-19-40(42)47(41-20-10-12-22-43(41)48)37-24-23-32-13-7-8-18-35(32)29-37/h1-31,46,50H. The molecule has 1 heteroatoms. The van der Waals surface area contributed by atoms with Crippen molar-refractivity contribution >= 4 is 54.4 Å². The number of benzene rings is 9. The van der Waals surface area contributed by atoms with Crippen molar-refractivity contribution in [2.24, 2.45) is 0 Å². The van der Waals surface area contributed by atoms with E-state index in [2.05, 4.69) is 193 Å². The summed E-state index contributed by atoms with van der Waals surface area (Å²) in [5.41, 5.74) is 11.2. The first-order valence-corrected chi connectivity index (χ1v) is 17.4. The average molecular weight is 636 g/mol. The maximum Gasteiger partial charge on any atom is 0.0707 e. The largest absolute Gasteiger partial charge is 0.374 e.